The molecule has 0 amide bonds. The van der Waals surface area contributed by atoms with Crippen LogP contribution in [-0.2, 0) is 0 Å². The van der Waals surface area contributed by atoms with Gasteiger partial charge in [0.2, 0.25) is 0 Å². The molecule has 1 aliphatic rings. The zero-order valence-corrected chi connectivity index (χ0v) is 11.3. The van der Waals surface area contributed by atoms with Gasteiger partial charge >= 0.3 is 0 Å². The molecule has 0 aliphatic heterocycles. The van der Waals surface area contributed by atoms with E-state index >= 15 is 0 Å². The van der Waals surface area contributed by atoms with Crippen LogP contribution in [0.2, 0.25) is 0 Å². The van der Waals surface area contributed by atoms with Crippen molar-refractivity contribution in [2.45, 2.75) is 38.2 Å². The average Bonchev–Trinajstić information content (AvgIpc) is 2.41. The fourth-order valence-electron chi connectivity index (χ4n) is 2.58. The number of ether oxygens (including phenoxy) is 1. The Morgan fingerprint density at radius 1 is 1.42 bits per heavy atom. The number of carbonyl (C=O) groups is 1. The van der Waals surface area contributed by atoms with Crippen molar-refractivity contribution in [1.29, 1.82) is 0 Å². The summed E-state index contributed by atoms with van der Waals surface area (Å²) in [5.41, 5.74) is -1.26. The summed E-state index contributed by atoms with van der Waals surface area (Å²) in [5, 5.41) is 10.5. The van der Waals surface area contributed by atoms with Crippen LogP contribution in [0, 0.1) is 11.7 Å². The largest absolute Gasteiger partial charge is 0.496 e. The molecule has 104 valence electrons. The van der Waals surface area contributed by atoms with E-state index in [0.717, 1.165) is 18.9 Å². The third-order valence-corrected chi connectivity index (χ3v) is 3.93. The summed E-state index contributed by atoms with van der Waals surface area (Å²) in [7, 11) is 1.43. The average molecular weight is 266 g/mol. The van der Waals surface area contributed by atoms with Crippen LogP contribution >= 0.6 is 0 Å². The van der Waals surface area contributed by atoms with Crippen molar-refractivity contribution in [3.63, 3.8) is 0 Å². The van der Waals surface area contributed by atoms with Crippen LogP contribution in [0.25, 0.3) is 0 Å². The molecule has 0 atom stereocenters. The maximum atomic E-state index is 13.3. The standard InChI is InChI=1S/C15H19FO3/c1-10-5-7-15(18,8-6-10)14(17)12-9-11(16)3-4-13(12)19-2/h3-4,9-10,18H,5-8H2,1-2H3. The Labute approximate surface area is 112 Å². The van der Waals surface area contributed by atoms with Gasteiger partial charge in [0.15, 0.2) is 5.78 Å². The second-order valence-electron chi connectivity index (χ2n) is 5.39. The van der Waals surface area contributed by atoms with Gasteiger partial charge in [-0.25, -0.2) is 4.39 Å². The van der Waals surface area contributed by atoms with Gasteiger partial charge in [0, 0.05) is 0 Å². The lowest BCUT2D eigenvalue weighted by Gasteiger charge is -2.33. The summed E-state index contributed by atoms with van der Waals surface area (Å²) in [6.07, 6.45) is 2.46. The second kappa shape index (κ2) is 5.29. The van der Waals surface area contributed by atoms with Crippen molar-refractivity contribution in [3.05, 3.63) is 29.6 Å². The smallest absolute Gasteiger partial charge is 0.198 e. The number of methoxy groups -OCH3 is 1. The minimum absolute atomic E-state index is 0.125. The molecule has 2 rings (SSSR count). The zero-order chi connectivity index (χ0) is 14.0. The molecule has 0 saturated heterocycles. The van der Waals surface area contributed by atoms with Gasteiger partial charge in [0.25, 0.3) is 0 Å². The van der Waals surface area contributed by atoms with Crippen molar-refractivity contribution in [2.75, 3.05) is 7.11 Å². The Morgan fingerprint density at radius 2 is 2.05 bits per heavy atom. The minimum Gasteiger partial charge on any atom is -0.496 e. The summed E-state index contributed by atoms with van der Waals surface area (Å²) in [6, 6.07) is 3.79. The van der Waals surface area contributed by atoms with Gasteiger partial charge < -0.3 is 9.84 Å². The van der Waals surface area contributed by atoms with E-state index in [0.29, 0.717) is 24.5 Å². The zero-order valence-electron chi connectivity index (χ0n) is 11.3. The van der Waals surface area contributed by atoms with E-state index in [-0.39, 0.29) is 5.56 Å². The van der Waals surface area contributed by atoms with Gasteiger partial charge in [-0.1, -0.05) is 6.92 Å². The van der Waals surface area contributed by atoms with Crippen LogP contribution in [0.5, 0.6) is 5.75 Å². The minimum atomic E-state index is -1.38. The van der Waals surface area contributed by atoms with Crippen molar-refractivity contribution in [2.24, 2.45) is 5.92 Å². The number of halogens is 1. The first-order chi connectivity index (χ1) is 8.96. The molecule has 1 fully saturated rings. The van der Waals surface area contributed by atoms with E-state index in [1.165, 1.54) is 19.2 Å². The Morgan fingerprint density at radius 3 is 2.63 bits per heavy atom. The highest BCUT2D eigenvalue weighted by atomic mass is 19.1. The number of Topliss-reactive ketones (excluding diaryl/α,β-unsaturated/α-hetero) is 1. The fraction of sp³-hybridized carbons (Fsp3) is 0.533. The lowest BCUT2D eigenvalue weighted by Crippen LogP contribution is -2.42. The predicted molar refractivity (Wildman–Crippen MR) is 69.9 cm³/mol. The van der Waals surface area contributed by atoms with Crippen LogP contribution < -0.4 is 4.74 Å². The first-order valence-electron chi connectivity index (χ1n) is 6.57. The summed E-state index contributed by atoms with van der Waals surface area (Å²) in [6.45, 7) is 2.10. The molecule has 4 heteroatoms. The van der Waals surface area contributed by atoms with Crippen molar-refractivity contribution < 1.29 is 19.0 Å². The number of carbonyl (C=O) groups excluding carboxylic acids is 1. The van der Waals surface area contributed by atoms with Gasteiger partial charge in [-0.05, 0) is 49.8 Å². The van der Waals surface area contributed by atoms with Gasteiger partial charge in [-0.2, -0.15) is 0 Å². The number of aliphatic hydroxyl groups is 1. The highest BCUT2D eigenvalue weighted by Gasteiger charge is 2.40. The van der Waals surface area contributed by atoms with E-state index < -0.39 is 17.2 Å². The number of rotatable bonds is 3. The van der Waals surface area contributed by atoms with Crippen molar-refractivity contribution in [1.82, 2.24) is 0 Å². The lowest BCUT2D eigenvalue weighted by atomic mass is 9.75. The van der Waals surface area contributed by atoms with Crippen LogP contribution in [0.15, 0.2) is 18.2 Å². The molecule has 0 radical (unpaired) electrons. The second-order valence-corrected chi connectivity index (χ2v) is 5.39. The molecule has 0 spiro atoms. The molecular weight excluding hydrogens is 247 g/mol. The first kappa shape index (κ1) is 14.0. The van der Waals surface area contributed by atoms with Crippen molar-refractivity contribution in [3.8, 4) is 5.75 Å². The van der Waals surface area contributed by atoms with E-state index in [1.54, 1.807) is 0 Å². The molecule has 1 saturated carbocycles. The highest BCUT2D eigenvalue weighted by molar-refractivity contribution is 6.04. The number of hydrogen-bond acceptors (Lipinski definition) is 3. The van der Waals surface area contributed by atoms with E-state index in [2.05, 4.69) is 6.92 Å². The third kappa shape index (κ3) is 2.78. The third-order valence-electron chi connectivity index (χ3n) is 3.93. The van der Waals surface area contributed by atoms with Gasteiger partial charge in [0.05, 0.1) is 12.7 Å². The molecule has 1 aromatic rings. The van der Waals surface area contributed by atoms with Gasteiger partial charge in [-0.3, -0.25) is 4.79 Å². The number of hydrogen-bond donors (Lipinski definition) is 1. The SMILES string of the molecule is COc1ccc(F)cc1C(=O)C1(O)CCC(C)CC1. The van der Waals surface area contributed by atoms with Crippen LogP contribution in [0.3, 0.4) is 0 Å². The van der Waals surface area contributed by atoms with Crippen LogP contribution in [0.1, 0.15) is 43.0 Å². The molecule has 1 aromatic carbocycles. The van der Waals surface area contributed by atoms with Crippen LogP contribution in [0.4, 0.5) is 4.39 Å². The van der Waals surface area contributed by atoms with E-state index in [4.69, 9.17) is 4.74 Å². The van der Waals surface area contributed by atoms with Gasteiger partial charge in [0.1, 0.15) is 17.2 Å². The first-order valence-corrected chi connectivity index (χ1v) is 6.57. The number of ketones is 1. The highest BCUT2D eigenvalue weighted by Crippen LogP contribution is 2.36. The molecule has 19 heavy (non-hydrogen) atoms. The Hall–Kier alpha value is -1.42. The van der Waals surface area contributed by atoms with E-state index in [9.17, 15) is 14.3 Å². The molecular formula is C15H19FO3. The van der Waals surface area contributed by atoms with Crippen molar-refractivity contribution >= 4 is 5.78 Å². The Bertz CT molecular complexity index is 476. The molecule has 0 bridgehead atoms. The van der Waals surface area contributed by atoms with Gasteiger partial charge in [-0.15, -0.1) is 0 Å². The molecule has 0 unspecified atom stereocenters. The normalized spacial score (nSPS) is 27.1. The Kier molecular flexibility index (Phi) is 3.90. The topological polar surface area (TPSA) is 46.5 Å². The maximum Gasteiger partial charge on any atom is 0.198 e. The quantitative estimate of drug-likeness (QED) is 0.856. The molecule has 1 aliphatic carbocycles. The lowest BCUT2D eigenvalue weighted by molar-refractivity contribution is 0.00402. The maximum absolute atomic E-state index is 13.3. The van der Waals surface area contributed by atoms with Crippen LogP contribution in [-0.4, -0.2) is 23.6 Å². The molecule has 0 heterocycles. The molecule has 0 aromatic heterocycles. The van der Waals surface area contributed by atoms with E-state index in [1.807, 2.05) is 0 Å². The Balaban J connectivity index is 2.31. The molecule has 1 N–H and O–H groups in total. The number of benzene rings is 1. The summed E-state index contributed by atoms with van der Waals surface area (Å²) in [4.78, 5) is 12.5. The molecule has 3 nitrogen and oxygen atoms in total. The monoisotopic (exact) mass is 266 g/mol. The summed E-state index contributed by atoms with van der Waals surface area (Å²) in [5.74, 6) is -0.117. The summed E-state index contributed by atoms with van der Waals surface area (Å²) < 4.78 is 18.4. The fourth-order valence-corrected chi connectivity index (χ4v) is 2.58. The summed E-state index contributed by atoms with van der Waals surface area (Å²) >= 11 is 0. The predicted octanol–water partition coefficient (Wildman–Crippen LogP) is 2.96.